The fourth-order valence-corrected chi connectivity index (χ4v) is 3.08. The van der Waals surface area contributed by atoms with Crippen molar-refractivity contribution in [2.45, 2.75) is 38.8 Å². The number of alkyl carbamates (subject to hydrolysis) is 1. The van der Waals surface area contributed by atoms with Gasteiger partial charge in [-0.15, -0.1) is 0 Å². The van der Waals surface area contributed by atoms with Crippen LogP contribution in [0.5, 0.6) is 11.5 Å². The monoisotopic (exact) mass is 433 g/mol. The fraction of sp³-hybridized carbons (Fsp3) is 0.231. The van der Waals surface area contributed by atoms with Gasteiger partial charge in [0.05, 0.1) is 0 Å². The Hall–Kier alpha value is -3.80. The third-order valence-electron chi connectivity index (χ3n) is 4.53. The van der Waals surface area contributed by atoms with Crippen molar-refractivity contribution in [3.05, 3.63) is 95.6 Å². The first-order chi connectivity index (χ1) is 15.2. The lowest BCUT2D eigenvalue weighted by molar-refractivity contribution is -0.139. The van der Waals surface area contributed by atoms with E-state index in [1.807, 2.05) is 42.5 Å². The summed E-state index contributed by atoms with van der Waals surface area (Å²) >= 11 is 0. The lowest BCUT2D eigenvalue weighted by Gasteiger charge is -2.22. The maximum Gasteiger partial charge on any atom is 0.408 e. The predicted octanol–water partition coefficient (Wildman–Crippen LogP) is 5.72. The van der Waals surface area contributed by atoms with Crippen molar-refractivity contribution in [3.63, 3.8) is 0 Å². The number of rotatable bonds is 7. The van der Waals surface area contributed by atoms with Crippen LogP contribution in [0.2, 0.25) is 0 Å². The highest BCUT2D eigenvalue weighted by Gasteiger charge is 2.25. The number of nitrogens with one attached hydrogen (secondary N) is 1. The summed E-state index contributed by atoms with van der Waals surface area (Å²) in [5.41, 5.74) is 2.11. The van der Waals surface area contributed by atoms with Gasteiger partial charge in [-0.25, -0.2) is 9.59 Å². The van der Waals surface area contributed by atoms with Crippen molar-refractivity contribution < 1.29 is 24.2 Å². The maximum atomic E-state index is 12.0. The number of carboxylic acid groups (broad SMARTS) is 1. The standard InChI is InChI=1S/C26H27NO5/c1-26(2,3)32-25(30)27-23(24(28)29)20-11-15-22(16-12-20)31-21-13-9-19(10-14-21)17-18-7-5-4-6-8-18/h4-16,23H,17H2,1-3H3,(H,27,30)(H,28,29)/t23-/m1/s1. The molecule has 1 amide bonds. The normalized spacial score (nSPS) is 12.0. The number of amides is 1. The number of hydrogen-bond acceptors (Lipinski definition) is 4. The van der Waals surface area contributed by atoms with Crippen LogP contribution in [0.3, 0.4) is 0 Å². The Morgan fingerprint density at radius 2 is 1.38 bits per heavy atom. The van der Waals surface area contributed by atoms with E-state index in [-0.39, 0.29) is 0 Å². The van der Waals surface area contributed by atoms with Gasteiger partial charge in [0.25, 0.3) is 0 Å². The molecule has 0 saturated carbocycles. The number of hydrogen-bond donors (Lipinski definition) is 2. The van der Waals surface area contributed by atoms with Gasteiger partial charge in [-0.1, -0.05) is 54.6 Å². The molecule has 0 aliphatic carbocycles. The minimum atomic E-state index is -1.23. The molecule has 0 heterocycles. The molecule has 0 bridgehead atoms. The molecule has 32 heavy (non-hydrogen) atoms. The first-order valence-electron chi connectivity index (χ1n) is 10.3. The third kappa shape index (κ3) is 6.87. The Kier molecular flexibility index (Phi) is 7.15. The zero-order chi connectivity index (χ0) is 23.1. The first kappa shape index (κ1) is 22.9. The van der Waals surface area contributed by atoms with Crippen molar-refractivity contribution in [3.8, 4) is 11.5 Å². The van der Waals surface area contributed by atoms with Crippen LogP contribution in [0.15, 0.2) is 78.9 Å². The van der Waals surface area contributed by atoms with Gasteiger partial charge in [0.2, 0.25) is 0 Å². The zero-order valence-corrected chi connectivity index (χ0v) is 18.4. The molecular formula is C26H27NO5. The number of carbonyl (C=O) groups excluding carboxylic acids is 1. The van der Waals surface area contributed by atoms with E-state index in [4.69, 9.17) is 9.47 Å². The molecule has 3 rings (SSSR count). The van der Waals surface area contributed by atoms with Gasteiger partial charge in [0.15, 0.2) is 6.04 Å². The Morgan fingerprint density at radius 3 is 1.91 bits per heavy atom. The van der Waals surface area contributed by atoms with Crippen LogP contribution in [0, 0.1) is 0 Å². The molecule has 0 saturated heterocycles. The fourth-order valence-electron chi connectivity index (χ4n) is 3.08. The van der Waals surface area contributed by atoms with E-state index in [2.05, 4.69) is 17.4 Å². The second-order valence-electron chi connectivity index (χ2n) is 8.39. The van der Waals surface area contributed by atoms with Crippen molar-refractivity contribution in [1.82, 2.24) is 5.32 Å². The average Bonchev–Trinajstić information content (AvgIpc) is 2.73. The van der Waals surface area contributed by atoms with E-state index >= 15 is 0 Å². The summed E-state index contributed by atoms with van der Waals surface area (Å²) in [4.78, 5) is 23.6. The quantitative estimate of drug-likeness (QED) is 0.498. The summed E-state index contributed by atoms with van der Waals surface area (Å²) in [5.74, 6) is 0.0562. The van der Waals surface area contributed by atoms with Gasteiger partial charge in [-0.3, -0.25) is 0 Å². The van der Waals surface area contributed by atoms with E-state index in [0.29, 0.717) is 17.1 Å². The van der Waals surface area contributed by atoms with Gasteiger partial charge in [0, 0.05) is 0 Å². The Bertz CT molecular complexity index is 1040. The summed E-state index contributed by atoms with van der Waals surface area (Å²) < 4.78 is 11.0. The van der Waals surface area contributed by atoms with Gasteiger partial charge in [0.1, 0.15) is 17.1 Å². The lowest BCUT2D eigenvalue weighted by atomic mass is 10.1. The summed E-state index contributed by atoms with van der Waals surface area (Å²) in [6.45, 7) is 5.13. The summed E-state index contributed by atoms with van der Waals surface area (Å²) in [7, 11) is 0. The Balaban J connectivity index is 1.63. The molecule has 0 fully saturated rings. The molecule has 0 radical (unpaired) electrons. The molecule has 0 aliphatic rings. The summed E-state index contributed by atoms with van der Waals surface area (Å²) in [5, 5.41) is 11.9. The summed E-state index contributed by atoms with van der Waals surface area (Å²) in [6.07, 6.45) is 0.0534. The van der Waals surface area contributed by atoms with Crippen LogP contribution in [0.4, 0.5) is 4.79 Å². The predicted molar refractivity (Wildman–Crippen MR) is 122 cm³/mol. The van der Waals surface area contributed by atoms with Crippen LogP contribution in [-0.4, -0.2) is 22.8 Å². The maximum absolute atomic E-state index is 12.0. The summed E-state index contributed by atoms with van der Waals surface area (Å²) in [6, 6.07) is 23.4. The van der Waals surface area contributed by atoms with E-state index < -0.39 is 23.7 Å². The minimum Gasteiger partial charge on any atom is -0.479 e. The SMILES string of the molecule is CC(C)(C)OC(=O)N[C@@H](C(=O)O)c1ccc(Oc2ccc(Cc3ccccc3)cc2)cc1. The van der Waals surface area contributed by atoms with Crippen molar-refractivity contribution in [2.24, 2.45) is 0 Å². The Morgan fingerprint density at radius 1 is 0.844 bits per heavy atom. The number of carboxylic acids is 1. The van der Waals surface area contributed by atoms with Gasteiger partial charge < -0.3 is 19.9 Å². The zero-order valence-electron chi connectivity index (χ0n) is 18.4. The first-order valence-corrected chi connectivity index (χ1v) is 10.3. The second-order valence-corrected chi connectivity index (χ2v) is 8.39. The van der Waals surface area contributed by atoms with Crippen molar-refractivity contribution in [2.75, 3.05) is 0 Å². The van der Waals surface area contributed by atoms with Crippen LogP contribution in [0.25, 0.3) is 0 Å². The van der Waals surface area contributed by atoms with Crippen molar-refractivity contribution >= 4 is 12.1 Å². The highest BCUT2D eigenvalue weighted by atomic mass is 16.6. The highest BCUT2D eigenvalue weighted by Crippen LogP contribution is 2.25. The molecule has 3 aromatic carbocycles. The van der Waals surface area contributed by atoms with Crippen LogP contribution in [0.1, 0.15) is 43.5 Å². The number of aliphatic carboxylic acids is 1. The van der Waals surface area contributed by atoms with E-state index in [0.717, 1.165) is 6.42 Å². The largest absolute Gasteiger partial charge is 0.479 e. The molecular weight excluding hydrogens is 406 g/mol. The highest BCUT2D eigenvalue weighted by molar-refractivity contribution is 5.81. The second kappa shape index (κ2) is 10.0. The van der Waals surface area contributed by atoms with Crippen LogP contribution < -0.4 is 10.1 Å². The molecule has 0 aromatic heterocycles. The van der Waals surface area contributed by atoms with Gasteiger partial charge in [-0.2, -0.15) is 0 Å². The van der Waals surface area contributed by atoms with Crippen molar-refractivity contribution in [1.29, 1.82) is 0 Å². The van der Waals surface area contributed by atoms with Gasteiger partial charge >= 0.3 is 12.1 Å². The van der Waals surface area contributed by atoms with Crippen LogP contribution >= 0.6 is 0 Å². The number of benzene rings is 3. The molecule has 6 nitrogen and oxygen atoms in total. The molecule has 0 aliphatic heterocycles. The molecule has 1 atom stereocenters. The molecule has 166 valence electrons. The van der Waals surface area contributed by atoms with Gasteiger partial charge in [-0.05, 0) is 68.1 Å². The van der Waals surface area contributed by atoms with E-state index in [1.165, 1.54) is 11.1 Å². The molecule has 2 N–H and O–H groups in total. The smallest absolute Gasteiger partial charge is 0.408 e. The molecule has 0 spiro atoms. The molecule has 6 heteroatoms. The number of ether oxygens (including phenoxy) is 2. The third-order valence-corrected chi connectivity index (χ3v) is 4.53. The average molecular weight is 434 g/mol. The van der Waals surface area contributed by atoms with Crippen LogP contribution in [-0.2, 0) is 16.0 Å². The van der Waals surface area contributed by atoms with E-state index in [9.17, 15) is 14.7 Å². The molecule has 3 aromatic rings. The van der Waals surface area contributed by atoms with E-state index in [1.54, 1.807) is 45.0 Å². The molecule has 0 unspecified atom stereocenters. The Labute approximate surface area is 187 Å². The minimum absolute atomic E-state index is 0.411. The number of carbonyl (C=O) groups is 2. The topological polar surface area (TPSA) is 84.9 Å². The lowest BCUT2D eigenvalue weighted by Crippen LogP contribution is -2.38.